The van der Waals surface area contributed by atoms with Crippen LogP contribution in [0.25, 0.3) is 5.69 Å². The normalized spacial score (nSPS) is 19.1. The van der Waals surface area contributed by atoms with Gasteiger partial charge < -0.3 is 19.5 Å². The Balaban J connectivity index is 1.52. The van der Waals surface area contributed by atoms with Crippen molar-refractivity contribution in [3.63, 3.8) is 0 Å². The zero-order chi connectivity index (χ0) is 24.0. The molecule has 3 heterocycles. The number of hydrogen-bond acceptors (Lipinski definition) is 5. The molecule has 0 spiro atoms. The summed E-state index contributed by atoms with van der Waals surface area (Å²) < 4.78 is 35.2. The van der Waals surface area contributed by atoms with Crippen LogP contribution in [-0.4, -0.2) is 56.5 Å². The number of carbonyl (C=O) groups excluding carboxylic acids is 1. The maximum atomic E-state index is 13.2. The van der Waals surface area contributed by atoms with E-state index in [4.69, 9.17) is 4.74 Å². The number of aromatic nitrogens is 1. The van der Waals surface area contributed by atoms with Gasteiger partial charge in [0.15, 0.2) is 0 Å². The van der Waals surface area contributed by atoms with E-state index in [0.717, 1.165) is 28.3 Å². The third kappa shape index (κ3) is 3.70. The fourth-order valence-corrected chi connectivity index (χ4v) is 6.33. The summed E-state index contributed by atoms with van der Waals surface area (Å²) in [6.45, 7) is 5.49. The summed E-state index contributed by atoms with van der Waals surface area (Å²) in [7, 11) is -1.64. The minimum Gasteiger partial charge on any atom is -0.379 e. The molecule has 0 radical (unpaired) electrons. The largest absolute Gasteiger partial charge is 0.379 e. The molecule has 1 N–H and O–H groups in total. The quantitative estimate of drug-likeness (QED) is 0.621. The molecule has 0 unspecified atom stereocenters. The zero-order valence-corrected chi connectivity index (χ0v) is 20.3. The highest BCUT2D eigenvalue weighted by Gasteiger charge is 2.32. The highest BCUT2D eigenvalue weighted by Crippen LogP contribution is 2.35. The Bertz CT molecular complexity index is 1360. The van der Waals surface area contributed by atoms with E-state index in [9.17, 15) is 13.2 Å². The number of nitrogens with one attached hydrogen (secondary N) is 1. The van der Waals surface area contributed by atoms with Gasteiger partial charge in [0.1, 0.15) is 6.17 Å². The van der Waals surface area contributed by atoms with Crippen LogP contribution in [0.15, 0.2) is 59.5 Å². The van der Waals surface area contributed by atoms with Gasteiger partial charge in [0.2, 0.25) is 10.0 Å². The molecule has 3 aromatic rings. The lowest BCUT2D eigenvalue weighted by Crippen LogP contribution is -2.44. The Morgan fingerprint density at radius 1 is 1.00 bits per heavy atom. The molecule has 178 valence electrons. The van der Waals surface area contributed by atoms with E-state index in [1.54, 1.807) is 18.2 Å². The molecular formula is C25H28N4O4S. The van der Waals surface area contributed by atoms with Gasteiger partial charge in [-0.15, -0.1) is 0 Å². The Labute approximate surface area is 199 Å². The van der Waals surface area contributed by atoms with E-state index in [-0.39, 0.29) is 17.0 Å². The smallest absolute Gasteiger partial charge is 0.255 e. The fraction of sp³-hybridized carbons (Fsp3) is 0.320. The average molecular weight is 481 g/mol. The summed E-state index contributed by atoms with van der Waals surface area (Å²) in [5.74, 6) is -0.109. The van der Waals surface area contributed by atoms with Crippen LogP contribution in [-0.2, 0) is 14.8 Å². The molecule has 2 aliphatic rings. The van der Waals surface area contributed by atoms with Crippen molar-refractivity contribution in [2.24, 2.45) is 0 Å². The minimum atomic E-state index is -3.61. The molecule has 8 nitrogen and oxygen atoms in total. The summed E-state index contributed by atoms with van der Waals surface area (Å²) in [4.78, 5) is 15.1. The van der Waals surface area contributed by atoms with Crippen LogP contribution in [0.1, 0.15) is 33.5 Å². The van der Waals surface area contributed by atoms with Crippen LogP contribution in [0.2, 0.25) is 0 Å². The lowest BCUT2D eigenvalue weighted by Gasteiger charge is -2.36. The number of sulfonamides is 1. The summed E-state index contributed by atoms with van der Waals surface area (Å²) >= 11 is 0. The van der Waals surface area contributed by atoms with Crippen LogP contribution < -0.4 is 10.2 Å². The number of morpholine rings is 1. The van der Waals surface area contributed by atoms with Crippen molar-refractivity contribution in [2.75, 3.05) is 38.3 Å². The van der Waals surface area contributed by atoms with Gasteiger partial charge in [-0.25, -0.2) is 8.42 Å². The topological polar surface area (TPSA) is 83.9 Å². The summed E-state index contributed by atoms with van der Waals surface area (Å²) in [5.41, 5.74) is 5.14. The molecular weight excluding hydrogens is 452 g/mol. The summed E-state index contributed by atoms with van der Waals surface area (Å²) in [6, 6.07) is 16.6. The van der Waals surface area contributed by atoms with Gasteiger partial charge >= 0.3 is 0 Å². The zero-order valence-electron chi connectivity index (χ0n) is 19.5. The highest BCUT2D eigenvalue weighted by molar-refractivity contribution is 7.89. The van der Waals surface area contributed by atoms with Gasteiger partial charge in [0.25, 0.3) is 5.91 Å². The molecule has 2 aromatic carbocycles. The Kier molecular flexibility index (Phi) is 5.71. The number of ether oxygens (including phenoxy) is 1. The van der Waals surface area contributed by atoms with Crippen LogP contribution in [0.5, 0.6) is 0 Å². The van der Waals surface area contributed by atoms with E-state index >= 15 is 0 Å². The summed E-state index contributed by atoms with van der Waals surface area (Å²) in [5, 5.41) is 3.11. The van der Waals surface area contributed by atoms with Crippen molar-refractivity contribution in [3.05, 3.63) is 77.1 Å². The molecule has 0 saturated carbocycles. The lowest BCUT2D eigenvalue weighted by molar-refractivity contribution is 0.0730. The second kappa shape index (κ2) is 8.57. The van der Waals surface area contributed by atoms with Gasteiger partial charge in [0, 0.05) is 42.8 Å². The van der Waals surface area contributed by atoms with Crippen molar-refractivity contribution in [3.8, 4) is 5.69 Å². The Morgan fingerprint density at radius 2 is 1.74 bits per heavy atom. The molecule has 1 aromatic heterocycles. The van der Waals surface area contributed by atoms with Crippen molar-refractivity contribution >= 4 is 21.6 Å². The number of amides is 1. The number of para-hydroxylation sites is 1. The molecule has 1 saturated heterocycles. The number of nitrogens with zero attached hydrogens (tertiary/aromatic N) is 3. The predicted octanol–water partition coefficient (Wildman–Crippen LogP) is 2.99. The van der Waals surface area contributed by atoms with Crippen LogP contribution in [0.4, 0.5) is 5.69 Å². The first-order valence-electron chi connectivity index (χ1n) is 11.3. The fourth-order valence-electron chi connectivity index (χ4n) is 4.88. The Morgan fingerprint density at radius 3 is 2.50 bits per heavy atom. The molecule has 34 heavy (non-hydrogen) atoms. The van der Waals surface area contributed by atoms with Gasteiger partial charge in [-0.2, -0.15) is 4.31 Å². The number of fused-ring (bicyclic) bond motifs is 1. The van der Waals surface area contributed by atoms with Crippen LogP contribution in [0.3, 0.4) is 0 Å². The third-order valence-corrected chi connectivity index (χ3v) is 8.53. The second-order valence-corrected chi connectivity index (χ2v) is 10.6. The van der Waals surface area contributed by atoms with Crippen LogP contribution >= 0.6 is 0 Å². The Hall–Kier alpha value is -3.14. The first-order chi connectivity index (χ1) is 16.3. The van der Waals surface area contributed by atoms with E-state index in [2.05, 4.69) is 10.2 Å². The molecule has 1 amide bonds. The highest BCUT2D eigenvalue weighted by atomic mass is 32.2. The number of benzene rings is 2. The molecule has 0 bridgehead atoms. The first kappa shape index (κ1) is 22.6. The SMILES string of the molecule is Cc1cc([C@@H]2NC(=O)c3ccccc3N2C)c(C)n1-c1cccc(S(=O)(=O)N2CCOCC2)c1. The number of carbonyl (C=O) groups is 1. The lowest BCUT2D eigenvalue weighted by atomic mass is 10.0. The van der Waals surface area contributed by atoms with Gasteiger partial charge in [-0.3, -0.25) is 4.79 Å². The van der Waals surface area contributed by atoms with Gasteiger partial charge in [-0.1, -0.05) is 18.2 Å². The minimum absolute atomic E-state index is 0.109. The average Bonchev–Trinajstić information content (AvgIpc) is 3.15. The van der Waals surface area contributed by atoms with E-state index in [1.165, 1.54) is 4.31 Å². The molecule has 2 aliphatic heterocycles. The first-order valence-corrected chi connectivity index (χ1v) is 12.7. The van der Waals surface area contributed by atoms with Gasteiger partial charge in [0.05, 0.1) is 29.4 Å². The standard InChI is InChI=1S/C25H28N4O4S/c1-17-15-22(24-26-25(30)21-9-4-5-10-23(21)27(24)3)18(2)29(17)19-7-6-8-20(16-19)34(31,32)28-11-13-33-14-12-28/h4-10,15-16,24H,11-14H2,1-3H3,(H,26,30)/t24-/m1/s1. The maximum absolute atomic E-state index is 13.2. The number of anilines is 1. The van der Waals surface area contributed by atoms with E-state index in [0.29, 0.717) is 31.9 Å². The number of hydrogen-bond donors (Lipinski definition) is 1. The molecule has 1 atom stereocenters. The number of aryl methyl sites for hydroxylation is 1. The summed E-state index contributed by atoms with van der Waals surface area (Å²) in [6.07, 6.45) is -0.331. The molecule has 1 fully saturated rings. The van der Waals surface area contributed by atoms with Crippen molar-refractivity contribution in [1.29, 1.82) is 0 Å². The molecule has 5 rings (SSSR count). The van der Waals surface area contributed by atoms with Crippen LogP contribution in [0, 0.1) is 13.8 Å². The number of rotatable bonds is 4. The van der Waals surface area contributed by atoms with Crippen molar-refractivity contribution < 1.29 is 17.9 Å². The van der Waals surface area contributed by atoms with Crippen molar-refractivity contribution in [2.45, 2.75) is 24.9 Å². The van der Waals surface area contributed by atoms with Crippen molar-refractivity contribution in [1.82, 2.24) is 14.2 Å². The van der Waals surface area contributed by atoms with Gasteiger partial charge in [-0.05, 0) is 50.2 Å². The molecule has 0 aliphatic carbocycles. The predicted molar refractivity (Wildman–Crippen MR) is 130 cm³/mol. The maximum Gasteiger partial charge on any atom is 0.255 e. The van der Waals surface area contributed by atoms with E-state index in [1.807, 2.05) is 61.9 Å². The molecule has 9 heteroatoms. The van der Waals surface area contributed by atoms with E-state index < -0.39 is 10.0 Å². The monoisotopic (exact) mass is 480 g/mol. The third-order valence-electron chi connectivity index (χ3n) is 6.63. The second-order valence-electron chi connectivity index (χ2n) is 8.68.